The summed E-state index contributed by atoms with van der Waals surface area (Å²) in [6, 6.07) is 6.73. The number of halogens is 1. The average molecular weight is 331 g/mol. The summed E-state index contributed by atoms with van der Waals surface area (Å²) in [5, 5.41) is 2.79. The van der Waals surface area contributed by atoms with E-state index < -0.39 is 10.0 Å². The number of amides is 1. The first-order valence-corrected chi connectivity index (χ1v) is 9.16. The van der Waals surface area contributed by atoms with Crippen molar-refractivity contribution in [3.63, 3.8) is 0 Å². The standard InChI is InChI=1S/C14H19ClN2O3S/c15-8-1-2-9-21(19,20)17-13-5-3-4-12(10-13)16-14(18)11-6-7-11/h3-5,10-11,17H,1-2,6-9H2,(H,16,18). The van der Waals surface area contributed by atoms with Crippen LogP contribution in [0.5, 0.6) is 0 Å². The van der Waals surface area contributed by atoms with E-state index in [1.54, 1.807) is 24.3 Å². The molecule has 0 saturated heterocycles. The topological polar surface area (TPSA) is 75.3 Å². The fourth-order valence-electron chi connectivity index (χ4n) is 1.87. The van der Waals surface area contributed by atoms with Gasteiger partial charge < -0.3 is 5.32 Å². The van der Waals surface area contributed by atoms with E-state index in [1.807, 2.05) is 0 Å². The van der Waals surface area contributed by atoms with Gasteiger partial charge in [-0.15, -0.1) is 11.6 Å². The maximum Gasteiger partial charge on any atom is 0.232 e. The molecule has 1 aromatic rings. The van der Waals surface area contributed by atoms with Crippen molar-refractivity contribution >= 4 is 38.9 Å². The summed E-state index contributed by atoms with van der Waals surface area (Å²) in [5.74, 6) is 0.606. The van der Waals surface area contributed by atoms with E-state index in [-0.39, 0.29) is 17.6 Å². The summed E-state index contributed by atoms with van der Waals surface area (Å²) < 4.78 is 26.3. The Bertz CT molecular complexity index is 600. The van der Waals surface area contributed by atoms with Crippen LogP contribution in [-0.4, -0.2) is 26.0 Å². The highest BCUT2D eigenvalue weighted by Gasteiger charge is 2.29. The van der Waals surface area contributed by atoms with Crippen molar-refractivity contribution in [2.75, 3.05) is 21.7 Å². The Morgan fingerprint density at radius 1 is 1.24 bits per heavy atom. The first-order valence-electron chi connectivity index (χ1n) is 6.97. The number of anilines is 2. The smallest absolute Gasteiger partial charge is 0.232 e. The van der Waals surface area contributed by atoms with Crippen LogP contribution >= 0.6 is 11.6 Å². The summed E-state index contributed by atoms with van der Waals surface area (Å²) in [6.45, 7) is 0. The lowest BCUT2D eigenvalue weighted by molar-refractivity contribution is -0.117. The Morgan fingerprint density at radius 2 is 1.95 bits per heavy atom. The van der Waals surface area contributed by atoms with Crippen LogP contribution in [0.3, 0.4) is 0 Å². The molecule has 5 nitrogen and oxygen atoms in total. The monoisotopic (exact) mass is 330 g/mol. The van der Waals surface area contributed by atoms with Gasteiger partial charge in [0.1, 0.15) is 0 Å². The van der Waals surface area contributed by atoms with Crippen molar-refractivity contribution in [2.45, 2.75) is 25.7 Å². The molecular weight excluding hydrogens is 312 g/mol. The van der Waals surface area contributed by atoms with E-state index in [9.17, 15) is 13.2 Å². The number of unbranched alkanes of at least 4 members (excludes halogenated alkanes) is 1. The molecule has 0 spiro atoms. The number of nitrogens with one attached hydrogen (secondary N) is 2. The van der Waals surface area contributed by atoms with Gasteiger partial charge in [0.25, 0.3) is 0 Å². The van der Waals surface area contributed by atoms with Gasteiger partial charge in [-0.05, 0) is 43.9 Å². The molecule has 0 aliphatic heterocycles. The van der Waals surface area contributed by atoms with Crippen molar-refractivity contribution in [3.05, 3.63) is 24.3 Å². The molecule has 1 fully saturated rings. The fraction of sp³-hybridized carbons (Fsp3) is 0.500. The summed E-state index contributed by atoms with van der Waals surface area (Å²) in [7, 11) is -3.38. The molecule has 116 valence electrons. The average Bonchev–Trinajstić information content (AvgIpc) is 3.22. The van der Waals surface area contributed by atoms with Crippen LogP contribution < -0.4 is 10.0 Å². The Hall–Kier alpha value is -1.27. The quantitative estimate of drug-likeness (QED) is 0.568. The third-order valence-electron chi connectivity index (χ3n) is 3.15. The zero-order valence-corrected chi connectivity index (χ0v) is 13.2. The first kappa shape index (κ1) is 16.1. The number of alkyl halides is 1. The largest absolute Gasteiger partial charge is 0.326 e. The number of hydrogen-bond donors (Lipinski definition) is 2. The summed E-state index contributed by atoms with van der Waals surface area (Å²) in [6.07, 6.45) is 3.05. The zero-order valence-electron chi connectivity index (χ0n) is 11.6. The highest BCUT2D eigenvalue weighted by Crippen LogP contribution is 2.30. The van der Waals surface area contributed by atoms with Gasteiger partial charge in [0.2, 0.25) is 15.9 Å². The van der Waals surface area contributed by atoms with Gasteiger partial charge in [0.05, 0.1) is 11.4 Å². The Labute approximate surface area is 130 Å². The number of hydrogen-bond acceptors (Lipinski definition) is 3. The molecule has 7 heteroatoms. The minimum atomic E-state index is -3.38. The van der Waals surface area contributed by atoms with Crippen LogP contribution in [0.2, 0.25) is 0 Å². The van der Waals surface area contributed by atoms with E-state index in [4.69, 9.17) is 11.6 Å². The highest BCUT2D eigenvalue weighted by molar-refractivity contribution is 7.92. The molecule has 1 aromatic carbocycles. The van der Waals surface area contributed by atoms with Gasteiger partial charge in [0.15, 0.2) is 0 Å². The molecule has 0 atom stereocenters. The molecule has 0 aromatic heterocycles. The molecule has 1 amide bonds. The number of benzene rings is 1. The molecule has 0 radical (unpaired) electrons. The molecule has 1 aliphatic carbocycles. The fourth-order valence-corrected chi connectivity index (χ4v) is 3.23. The highest BCUT2D eigenvalue weighted by atomic mass is 35.5. The number of carbonyl (C=O) groups is 1. The predicted molar refractivity (Wildman–Crippen MR) is 85.2 cm³/mol. The van der Waals surface area contributed by atoms with Crippen LogP contribution in [0, 0.1) is 5.92 Å². The van der Waals surface area contributed by atoms with E-state index in [0.29, 0.717) is 30.1 Å². The number of sulfonamides is 1. The Balaban J connectivity index is 1.95. The first-order chi connectivity index (χ1) is 10.00. The Morgan fingerprint density at radius 3 is 2.62 bits per heavy atom. The number of carbonyl (C=O) groups excluding carboxylic acids is 1. The molecule has 21 heavy (non-hydrogen) atoms. The normalized spacial score (nSPS) is 14.7. The molecular formula is C14H19ClN2O3S. The minimum absolute atomic E-state index is 0.00267. The predicted octanol–water partition coefficient (Wildman–Crippen LogP) is 2.80. The van der Waals surface area contributed by atoms with Crippen LogP contribution in [0.15, 0.2) is 24.3 Å². The lowest BCUT2D eigenvalue weighted by Gasteiger charge is -2.10. The molecule has 0 heterocycles. The third kappa shape index (κ3) is 5.55. The maximum absolute atomic E-state index is 11.9. The SMILES string of the molecule is O=C(Nc1cccc(NS(=O)(=O)CCCCCl)c1)C1CC1. The molecule has 0 bridgehead atoms. The molecule has 2 rings (SSSR count). The minimum Gasteiger partial charge on any atom is -0.326 e. The summed E-state index contributed by atoms with van der Waals surface area (Å²) in [4.78, 5) is 11.7. The van der Waals surface area contributed by atoms with Gasteiger partial charge in [-0.25, -0.2) is 8.42 Å². The number of rotatable bonds is 8. The van der Waals surface area contributed by atoms with Crippen LogP contribution in [-0.2, 0) is 14.8 Å². The van der Waals surface area contributed by atoms with Crippen molar-refractivity contribution < 1.29 is 13.2 Å². The van der Waals surface area contributed by atoms with Crippen molar-refractivity contribution in [2.24, 2.45) is 5.92 Å². The van der Waals surface area contributed by atoms with Crippen molar-refractivity contribution in [1.29, 1.82) is 0 Å². The third-order valence-corrected chi connectivity index (χ3v) is 4.79. The van der Waals surface area contributed by atoms with Gasteiger partial charge in [-0.2, -0.15) is 0 Å². The van der Waals surface area contributed by atoms with Gasteiger partial charge >= 0.3 is 0 Å². The molecule has 1 saturated carbocycles. The second-order valence-electron chi connectivity index (χ2n) is 5.16. The second kappa shape index (κ2) is 7.13. The van der Waals surface area contributed by atoms with E-state index in [1.165, 1.54) is 0 Å². The Kier molecular flexibility index (Phi) is 5.47. The lowest BCUT2D eigenvalue weighted by atomic mass is 10.2. The maximum atomic E-state index is 11.9. The zero-order chi connectivity index (χ0) is 15.3. The van der Waals surface area contributed by atoms with Gasteiger partial charge in [-0.3, -0.25) is 9.52 Å². The molecule has 0 unspecified atom stereocenters. The van der Waals surface area contributed by atoms with Crippen LogP contribution in [0.1, 0.15) is 25.7 Å². The van der Waals surface area contributed by atoms with E-state index in [0.717, 1.165) is 12.8 Å². The summed E-state index contributed by atoms with van der Waals surface area (Å²) in [5.41, 5.74) is 1.06. The molecule has 2 N–H and O–H groups in total. The van der Waals surface area contributed by atoms with Crippen LogP contribution in [0.4, 0.5) is 11.4 Å². The molecule has 1 aliphatic rings. The van der Waals surface area contributed by atoms with Crippen molar-refractivity contribution in [1.82, 2.24) is 0 Å². The lowest BCUT2D eigenvalue weighted by Crippen LogP contribution is -2.17. The van der Waals surface area contributed by atoms with Gasteiger partial charge in [-0.1, -0.05) is 6.07 Å². The summed E-state index contributed by atoms with van der Waals surface area (Å²) >= 11 is 5.53. The van der Waals surface area contributed by atoms with Crippen molar-refractivity contribution in [3.8, 4) is 0 Å². The second-order valence-corrected chi connectivity index (χ2v) is 7.38. The van der Waals surface area contributed by atoms with Gasteiger partial charge in [0, 0.05) is 17.5 Å². The van der Waals surface area contributed by atoms with Crippen LogP contribution in [0.25, 0.3) is 0 Å². The van der Waals surface area contributed by atoms with E-state index >= 15 is 0 Å². The van der Waals surface area contributed by atoms with E-state index in [2.05, 4.69) is 10.0 Å².